The fourth-order valence-electron chi connectivity index (χ4n) is 1.78. The molecule has 1 aromatic rings. The summed E-state index contributed by atoms with van der Waals surface area (Å²) in [6.07, 6.45) is 1.08. The van der Waals surface area contributed by atoms with Crippen molar-refractivity contribution >= 4 is 15.9 Å². The van der Waals surface area contributed by atoms with Crippen molar-refractivity contribution in [1.29, 1.82) is 0 Å². The number of phenolic OH excluding ortho intramolecular Hbond substituents is 1. The van der Waals surface area contributed by atoms with Gasteiger partial charge in [-0.15, -0.1) is 0 Å². The third-order valence-electron chi connectivity index (χ3n) is 3.07. The van der Waals surface area contributed by atoms with Crippen LogP contribution in [-0.2, 0) is 5.41 Å². The smallest absolute Gasteiger partial charge is 0.119 e. The number of aromatic hydroxyl groups is 1. The topological polar surface area (TPSA) is 20.2 Å². The second-order valence-electron chi connectivity index (χ2n) is 5.45. The van der Waals surface area contributed by atoms with Gasteiger partial charge < -0.3 is 5.11 Å². The van der Waals surface area contributed by atoms with Gasteiger partial charge in [-0.05, 0) is 35.4 Å². The Kier molecular flexibility index (Phi) is 4.06. The van der Waals surface area contributed by atoms with Crippen LogP contribution in [0.15, 0.2) is 16.6 Å². The highest BCUT2D eigenvalue weighted by Gasteiger charge is 2.20. The fourth-order valence-corrected chi connectivity index (χ4v) is 2.51. The van der Waals surface area contributed by atoms with E-state index in [1.165, 1.54) is 5.56 Å². The first-order chi connectivity index (χ1) is 7.27. The van der Waals surface area contributed by atoms with Crippen LogP contribution in [0.3, 0.4) is 0 Å². The van der Waals surface area contributed by atoms with Gasteiger partial charge in [0.1, 0.15) is 5.75 Å². The minimum absolute atomic E-state index is 0.0272. The Morgan fingerprint density at radius 2 is 1.88 bits per heavy atom. The summed E-state index contributed by atoms with van der Waals surface area (Å²) in [5.41, 5.74) is 2.15. The molecule has 0 fully saturated rings. The third kappa shape index (κ3) is 2.79. The number of halogens is 1. The van der Waals surface area contributed by atoms with Gasteiger partial charge in [0.05, 0.1) is 0 Å². The Labute approximate surface area is 107 Å². The van der Waals surface area contributed by atoms with Crippen LogP contribution in [-0.4, -0.2) is 5.11 Å². The number of hydrogen-bond donors (Lipinski definition) is 1. The van der Waals surface area contributed by atoms with E-state index in [1.54, 1.807) is 0 Å². The highest BCUT2D eigenvalue weighted by molar-refractivity contribution is 9.10. The van der Waals surface area contributed by atoms with E-state index in [2.05, 4.69) is 56.6 Å². The summed E-state index contributed by atoms with van der Waals surface area (Å²) in [7, 11) is 0. The molecular weight excluding hydrogens is 264 g/mol. The maximum Gasteiger partial charge on any atom is 0.119 e. The normalized spacial score (nSPS) is 13.9. The molecule has 1 rings (SSSR count). The molecule has 2 heteroatoms. The Bertz CT molecular complexity index is 377. The van der Waals surface area contributed by atoms with Crippen molar-refractivity contribution in [2.24, 2.45) is 0 Å². The van der Waals surface area contributed by atoms with E-state index >= 15 is 0 Å². The summed E-state index contributed by atoms with van der Waals surface area (Å²) >= 11 is 3.60. The predicted molar refractivity (Wildman–Crippen MR) is 73.2 cm³/mol. The van der Waals surface area contributed by atoms with Gasteiger partial charge in [-0.3, -0.25) is 0 Å². The molecule has 0 bridgehead atoms. The molecule has 0 amide bonds. The van der Waals surface area contributed by atoms with Gasteiger partial charge in [0, 0.05) is 10.0 Å². The average molecular weight is 285 g/mol. The van der Waals surface area contributed by atoms with Crippen molar-refractivity contribution in [2.45, 2.75) is 52.4 Å². The highest BCUT2D eigenvalue weighted by Crippen LogP contribution is 2.38. The van der Waals surface area contributed by atoms with Gasteiger partial charge in [0.15, 0.2) is 0 Å². The number of benzene rings is 1. The van der Waals surface area contributed by atoms with Crippen LogP contribution in [0.4, 0.5) is 0 Å². The van der Waals surface area contributed by atoms with Crippen molar-refractivity contribution < 1.29 is 5.11 Å². The molecular formula is C14H21BrO. The van der Waals surface area contributed by atoms with Gasteiger partial charge in [0.25, 0.3) is 0 Å². The van der Waals surface area contributed by atoms with Crippen molar-refractivity contribution in [1.82, 2.24) is 0 Å². The van der Waals surface area contributed by atoms with Crippen molar-refractivity contribution in [3.63, 3.8) is 0 Å². The molecule has 0 saturated heterocycles. The quantitative estimate of drug-likeness (QED) is 0.813. The largest absolute Gasteiger partial charge is 0.508 e. The van der Waals surface area contributed by atoms with Crippen molar-refractivity contribution in [3.8, 4) is 5.75 Å². The molecule has 0 saturated carbocycles. The summed E-state index contributed by atoms with van der Waals surface area (Å²) < 4.78 is 1.10. The highest BCUT2D eigenvalue weighted by atomic mass is 79.9. The minimum Gasteiger partial charge on any atom is -0.508 e. The molecule has 0 radical (unpaired) electrons. The molecule has 0 aliphatic carbocycles. The molecule has 0 aromatic heterocycles. The number of hydrogen-bond acceptors (Lipinski definition) is 1. The SMILES string of the molecule is CCC(C)c1cc(O)c(C(C)(C)C)cc1Br. The van der Waals surface area contributed by atoms with Crippen molar-refractivity contribution in [2.75, 3.05) is 0 Å². The summed E-state index contributed by atoms with van der Waals surface area (Å²) in [6.45, 7) is 10.7. The zero-order chi connectivity index (χ0) is 12.5. The third-order valence-corrected chi connectivity index (χ3v) is 3.75. The monoisotopic (exact) mass is 284 g/mol. The Balaban J connectivity index is 3.28. The summed E-state index contributed by atoms with van der Waals surface area (Å²) in [4.78, 5) is 0. The van der Waals surface area contributed by atoms with E-state index in [4.69, 9.17) is 0 Å². The molecule has 0 aliphatic rings. The van der Waals surface area contributed by atoms with Crippen LogP contribution in [0, 0.1) is 0 Å². The number of phenols is 1. The van der Waals surface area contributed by atoms with Gasteiger partial charge in [-0.2, -0.15) is 0 Å². The van der Waals surface area contributed by atoms with E-state index < -0.39 is 0 Å². The first-order valence-electron chi connectivity index (χ1n) is 5.80. The zero-order valence-corrected chi connectivity index (χ0v) is 12.4. The molecule has 1 N–H and O–H groups in total. The molecule has 1 nitrogen and oxygen atoms in total. The molecule has 0 heterocycles. The van der Waals surface area contributed by atoms with Gasteiger partial charge in [-0.25, -0.2) is 0 Å². The first-order valence-corrected chi connectivity index (χ1v) is 6.59. The van der Waals surface area contributed by atoms with Crippen LogP contribution < -0.4 is 0 Å². The zero-order valence-electron chi connectivity index (χ0n) is 10.8. The predicted octanol–water partition coefficient (Wildman–Crippen LogP) is 4.97. The lowest BCUT2D eigenvalue weighted by atomic mass is 9.84. The van der Waals surface area contributed by atoms with Crippen molar-refractivity contribution in [3.05, 3.63) is 27.7 Å². The first kappa shape index (κ1) is 13.6. The minimum atomic E-state index is -0.0272. The molecule has 16 heavy (non-hydrogen) atoms. The molecule has 90 valence electrons. The molecule has 1 atom stereocenters. The Morgan fingerprint density at radius 3 is 2.31 bits per heavy atom. The Morgan fingerprint density at radius 1 is 1.31 bits per heavy atom. The fraction of sp³-hybridized carbons (Fsp3) is 0.571. The maximum atomic E-state index is 10.1. The average Bonchev–Trinajstić information content (AvgIpc) is 2.18. The summed E-state index contributed by atoms with van der Waals surface area (Å²) in [5, 5.41) is 10.1. The number of rotatable bonds is 2. The van der Waals surface area contributed by atoms with E-state index in [-0.39, 0.29) is 5.41 Å². The lowest BCUT2D eigenvalue weighted by Crippen LogP contribution is -2.12. The van der Waals surface area contributed by atoms with E-state index in [0.717, 1.165) is 16.5 Å². The van der Waals surface area contributed by atoms with Crippen LogP contribution in [0.5, 0.6) is 5.75 Å². The van der Waals surface area contributed by atoms with Crippen LogP contribution in [0.25, 0.3) is 0 Å². The van der Waals surface area contributed by atoms with E-state index in [0.29, 0.717) is 11.7 Å². The lowest BCUT2D eigenvalue weighted by molar-refractivity contribution is 0.445. The summed E-state index contributed by atoms with van der Waals surface area (Å²) in [6, 6.07) is 3.95. The van der Waals surface area contributed by atoms with Gasteiger partial charge in [-0.1, -0.05) is 50.5 Å². The molecule has 1 unspecified atom stereocenters. The molecule has 0 spiro atoms. The Hall–Kier alpha value is -0.500. The maximum absolute atomic E-state index is 10.1. The van der Waals surface area contributed by atoms with Crippen LogP contribution in [0.1, 0.15) is 58.1 Å². The van der Waals surface area contributed by atoms with E-state index in [9.17, 15) is 5.11 Å². The van der Waals surface area contributed by atoms with Crippen LogP contribution in [0.2, 0.25) is 0 Å². The van der Waals surface area contributed by atoms with Gasteiger partial charge in [0.2, 0.25) is 0 Å². The van der Waals surface area contributed by atoms with Crippen LogP contribution >= 0.6 is 15.9 Å². The summed E-state index contributed by atoms with van der Waals surface area (Å²) in [5.74, 6) is 0.875. The van der Waals surface area contributed by atoms with Gasteiger partial charge >= 0.3 is 0 Å². The molecule has 1 aromatic carbocycles. The second-order valence-corrected chi connectivity index (χ2v) is 6.30. The second kappa shape index (κ2) is 4.79. The standard InChI is InChI=1S/C14H21BrO/c1-6-9(2)10-7-13(16)11(8-12(10)15)14(3,4)5/h7-9,16H,6H2,1-5H3. The lowest BCUT2D eigenvalue weighted by Gasteiger charge is -2.23. The molecule has 0 aliphatic heterocycles. The van der Waals surface area contributed by atoms with E-state index in [1.807, 2.05) is 6.07 Å².